The van der Waals surface area contributed by atoms with E-state index in [4.69, 9.17) is 66.3 Å². The molecule has 0 unspecified atom stereocenters. The van der Waals surface area contributed by atoms with E-state index in [2.05, 4.69) is 0 Å². The van der Waals surface area contributed by atoms with E-state index in [0.29, 0.717) is 24.8 Å². The molecular formula is C63H94O22. The summed E-state index contributed by atoms with van der Waals surface area (Å²) in [6, 6.07) is 9.19. The van der Waals surface area contributed by atoms with Crippen molar-refractivity contribution >= 4 is 18.0 Å². The van der Waals surface area contributed by atoms with Crippen LogP contribution < -0.4 is 0 Å². The smallest absolute Gasteiger partial charge is 0.333 e. The zero-order valence-electron chi connectivity index (χ0n) is 51.5. The van der Waals surface area contributed by atoms with E-state index in [1.54, 1.807) is 74.2 Å². The normalized spacial score (nSPS) is 47.8. The number of carbonyl (C=O) groups is 2. The van der Waals surface area contributed by atoms with Crippen LogP contribution in [0.15, 0.2) is 60.2 Å². The number of fused-ring (bicyclic) bond motifs is 5. The molecule has 6 N–H and O–H groups in total. The molecule has 3 saturated carbocycles. The Labute approximate surface area is 499 Å². The Bertz CT molecular complexity index is 2550. The van der Waals surface area contributed by atoms with E-state index < -0.39 is 174 Å². The maximum atomic E-state index is 13.9. The van der Waals surface area contributed by atoms with Crippen LogP contribution in [0.25, 0.3) is 6.08 Å². The first-order chi connectivity index (χ1) is 40.2. The fourth-order valence-corrected chi connectivity index (χ4v) is 15.6. The van der Waals surface area contributed by atoms with Gasteiger partial charge in [0.05, 0.1) is 59.8 Å². The lowest BCUT2D eigenvalue weighted by Crippen LogP contribution is -2.80. The summed E-state index contributed by atoms with van der Waals surface area (Å²) in [5.41, 5.74) is -9.67. The first kappa shape index (κ1) is 66.1. The van der Waals surface area contributed by atoms with Crippen molar-refractivity contribution in [3.05, 3.63) is 65.8 Å². The number of benzene rings is 1. The van der Waals surface area contributed by atoms with Crippen LogP contribution in [0.5, 0.6) is 0 Å². The van der Waals surface area contributed by atoms with Crippen molar-refractivity contribution < 1.29 is 107 Å². The maximum Gasteiger partial charge on any atom is 0.333 e. The number of ether oxygens (including phenoxy) is 14. The summed E-state index contributed by atoms with van der Waals surface area (Å²) >= 11 is 0. The molecule has 0 amide bonds. The summed E-state index contributed by atoms with van der Waals surface area (Å²) in [7, 11) is 6.17. The van der Waals surface area contributed by atoms with Crippen molar-refractivity contribution in [3.8, 4) is 0 Å². The van der Waals surface area contributed by atoms with Gasteiger partial charge in [0.1, 0.15) is 65.6 Å². The second kappa shape index (κ2) is 25.9. The van der Waals surface area contributed by atoms with Crippen LogP contribution >= 0.6 is 0 Å². The second-order valence-electron chi connectivity index (χ2n) is 25.5. The van der Waals surface area contributed by atoms with Gasteiger partial charge in [-0.05, 0) is 92.2 Å². The third-order valence-corrected chi connectivity index (χ3v) is 21.1. The van der Waals surface area contributed by atoms with E-state index in [1.807, 2.05) is 58.0 Å². The van der Waals surface area contributed by atoms with Gasteiger partial charge in [-0.2, -0.15) is 0 Å². The first-order valence-corrected chi connectivity index (χ1v) is 30.3. The summed E-state index contributed by atoms with van der Waals surface area (Å²) < 4.78 is 87.0. The number of esters is 2. The Balaban J connectivity index is 0.843. The highest BCUT2D eigenvalue weighted by molar-refractivity contribution is 5.88. The largest absolute Gasteiger partial charge is 0.458 e. The summed E-state index contributed by atoms with van der Waals surface area (Å²) in [6.45, 7) is 15.6. The highest BCUT2D eigenvalue weighted by atomic mass is 16.8. The molecule has 4 heterocycles. The fourth-order valence-electron chi connectivity index (χ4n) is 15.6. The molecule has 27 atom stereocenters. The van der Waals surface area contributed by atoms with Gasteiger partial charge in [-0.25, -0.2) is 9.59 Å². The van der Waals surface area contributed by atoms with Crippen LogP contribution in [0.1, 0.15) is 126 Å². The van der Waals surface area contributed by atoms with Crippen LogP contribution in [-0.4, -0.2) is 216 Å². The Hall–Kier alpha value is -3.34. The van der Waals surface area contributed by atoms with Crippen molar-refractivity contribution in [2.24, 2.45) is 16.7 Å². The topological polar surface area (TPSA) is 285 Å². The van der Waals surface area contributed by atoms with E-state index >= 15 is 0 Å². The van der Waals surface area contributed by atoms with Gasteiger partial charge in [-0.3, -0.25) is 0 Å². The van der Waals surface area contributed by atoms with Crippen molar-refractivity contribution in [2.45, 2.75) is 265 Å². The molecule has 0 spiro atoms. The molecule has 1 aromatic rings. The summed E-state index contributed by atoms with van der Waals surface area (Å²) in [6.07, 6.45) is -6.27. The number of carbonyl (C=O) groups excluding carboxylic acids is 2. The van der Waals surface area contributed by atoms with Gasteiger partial charge in [0.25, 0.3) is 0 Å². The first-order valence-electron chi connectivity index (χ1n) is 30.3. The third-order valence-electron chi connectivity index (χ3n) is 21.1. The molecule has 9 rings (SSSR count). The molecule has 0 radical (unpaired) electrons. The quantitative estimate of drug-likeness (QED) is 0.0671. The average Bonchev–Trinajstić information content (AvgIpc) is 1.63. The fraction of sp³-hybridized carbons (Fsp3) is 0.778. The zero-order chi connectivity index (χ0) is 61.8. The van der Waals surface area contributed by atoms with E-state index in [9.17, 15) is 40.2 Å². The molecule has 85 heavy (non-hydrogen) atoms. The molecule has 22 nitrogen and oxygen atoms in total. The Morgan fingerprint density at radius 1 is 0.671 bits per heavy atom. The van der Waals surface area contributed by atoms with Gasteiger partial charge < -0.3 is 97.0 Å². The minimum atomic E-state index is -2.16. The number of aliphatic hydroxyl groups is 6. The molecule has 8 aliphatic rings. The van der Waals surface area contributed by atoms with Gasteiger partial charge in [-0.15, -0.1) is 0 Å². The lowest BCUT2D eigenvalue weighted by Gasteiger charge is -2.68. The predicted molar refractivity (Wildman–Crippen MR) is 303 cm³/mol. The van der Waals surface area contributed by atoms with Gasteiger partial charge in [0.15, 0.2) is 25.2 Å². The van der Waals surface area contributed by atoms with Crippen LogP contribution in [0.2, 0.25) is 0 Å². The predicted octanol–water partition coefficient (Wildman–Crippen LogP) is 4.49. The summed E-state index contributed by atoms with van der Waals surface area (Å²) in [5, 5.41) is 73.9. The number of rotatable bonds is 18. The van der Waals surface area contributed by atoms with E-state index in [0.717, 1.165) is 5.56 Å². The minimum Gasteiger partial charge on any atom is -0.458 e. The Morgan fingerprint density at radius 2 is 1.22 bits per heavy atom. The summed E-state index contributed by atoms with van der Waals surface area (Å²) in [5.74, 6) is -2.31. The molecule has 0 aromatic heterocycles. The Kier molecular flexibility index (Phi) is 20.1. The van der Waals surface area contributed by atoms with E-state index in [-0.39, 0.29) is 38.5 Å². The maximum absolute atomic E-state index is 13.9. The van der Waals surface area contributed by atoms with Crippen LogP contribution in [0, 0.1) is 16.7 Å². The molecule has 7 fully saturated rings. The van der Waals surface area contributed by atoms with Crippen molar-refractivity contribution in [2.75, 3.05) is 28.4 Å². The Morgan fingerprint density at radius 3 is 1.76 bits per heavy atom. The highest BCUT2D eigenvalue weighted by Crippen LogP contribution is 2.72. The van der Waals surface area contributed by atoms with Gasteiger partial charge in [0.2, 0.25) is 0 Å². The standard InChI is InChI=1S/C63H94O22/c1-14-33(2)56(67)80-38(7)61(69)26-27-63(71)59(61,9)45(82-46(64)21-20-39-18-16-15-17-19-39)31-44-58(8)23-22-40(32-60(58,68)24-25-62(44,63)70)81-47-28-41(72-10)52(35(4)76-47)83-48-29-42(73-11)53(36(5)77-48)84-49-30-43(74-12)54(37(6)78-49)85-57-51(66)55(75-13)50(65)34(3)79-57/h14-21,24-25,34-38,40-45,47-55,57,65-66,68-71H,22-23,26-32H2,1-13H3/b21-20+,33-14+/t34-,35-,36-,37-,38+,40+,41+,42+,43-,44-,45-,47+,48+,49+,50-,51-,52-,53-,54-,55-,57+,58-,59-,60-,61-,62+,63-/m1/s1. The average molecular weight is 1200 g/mol. The number of hydrogen-bond donors (Lipinski definition) is 6. The van der Waals surface area contributed by atoms with Crippen molar-refractivity contribution in [3.63, 3.8) is 0 Å². The molecule has 1 aromatic carbocycles. The second-order valence-corrected chi connectivity index (χ2v) is 25.5. The number of hydrogen-bond acceptors (Lipinski definition) is 22. The number of methoxy groups -OCH3 is 4. The molecule has 4 aliphatic carbocycles. The lowest BCUT2D eigenvalue weighted by atomic mass is 9.41. The molecular weight excluding hydrogens is 1110 g/mol. The van der Waals surface area contributed by atoms with Gasteiger partial charge in [0, 0.05) is 77.1 Å². The molecule has 0 bridgehead atoms. The van der Waals surface area contributed by atoms with E-state index in [1.165, 1.54) is 19.3 Å². The number of aliphatic hydroxyl groups excluding tert-OH is 2. The molecule has 478 valence electrons. The van der Waals surface area contributed by atoms with Crippen LogP contribution in [-0.2, 0) is 75.9 Å². The molecule has 4 aliphatic heterocycles. The zero-order valence-corrected chi connectivity index (χ0v) is 51.5. The van der Waals surface area contributed by atoms with Gasteiger partial charge in [-0.1, -0.05) is 62.4 Å². The lowest BCUT2D eigenvalue weighted by molar-refractivity contribution is -0.356. The summed E-state index contributed by atoms with van der Waals surface area (Å²) in [4.78, 5) is 27.1. The SMILES string of the molecule is C/C=C(\C)C(=O)O[C@@H](C)[C@]1(O)CC[C@@]2(O)[C@]1(C)[C@H](OC(=O)/C=C/c1ccccc1)C[C@H]1[C@@]2(O)C=C[C@@]2(O)C[C@@H](O[C@H]3C[C@H](OC)[C@H](O[C@H]4C[C@H](OC)[C@H](O[C@H]5C[C@@H](OC)[C@H](O[C@@H]6O[C@H](C)[C@@H](O)[C@@H](OC)[C@H]6O)[C@@H](C)O5)[C@@H](C)O4)[C@@H](C)O3)CC[C@]12C. The highest BCUT2D eigenvalue weighted by Gasteiger charge is 2.82. The van der Waals surface area contributed by atoms with Crippen LogP contribution in [0.3, 0.4) is 0 Å². The molecule has 4 saturated heterocycles. The van der Waals surface area contributed by atoms with Gasteiger partial charge >= 0.3 is 11.9 Å². The monoisotopic (exact) mass is 1200 g/mol. The third kappa shape index (κ3) is 11.9. The van der Waals surface area contributed by atoms with Crippen LogP contribution in [0.4, 0.5) is 0 Å². The van der Waals surface area contributed by atoms with Crippen molar-refractivity contribution in [1.29, 1.82) is 0 Å². The number of allylic oxidation sites excluding steroid dienone is 1. The minimum absolute atomic E-state index is 0.0680. The molecule has 22 heteroatoms. The van der Waals surface area contributed by atoms with Crippen molar-refractivity contribution in [1.82, 2.24) is 0 Å².